The van der Waals surface area contributed by atoms with Gasteiger partial charge in [-0.1, -0.05) is 24.3 Å². The van der Waals surface area contributed by atoms with Crippen LogP contribution in [0.2, 0.25) is 0 Å². The number of carbonyl (C=O) groups is 1. The normalized spacial score (nSPS) is 10.8. The quantitative estimate of drug-likeness (QED) is 0.529. The first-order valence-corrected chi connectivity index (χ1v) is 5.79. The molecule has 20 heavy (non-hydrogen) atoms. The van der Waals surface area contributed by atoms with Crippen LogP contribution in [0.1, 0.15) is 5.69 Å². The number of nitrogens with zero attached hydrogens (tertiary/aromatic N) is 2. The average molecular weight is 402 g/mol. The zero-order valence-electron chi connectivity index (χ0n) is 10.3. The molecule has 99 valence electrons. The number of rotatable bonds is 2. The molecule has 0 saturated carbocycles. The molecule has 5 heteroatoms. The second kappa shape index (κ2) is 6.52. The van der Waals surface area contributed by atoms with Crippen molar-refractivity contribution in [3.63, 3.8) is 0 Å². The van der Waals surface area contributed by atoms with Gasteiger partial charge < -0.3 is 5.11 Å². The fourth-order valence-electron chi connectivity index (χ4n) is 1.99. The maximum atomic E-state index is 10.5. The first kappa shape index (κ1) is 15.2. The molecule has 4 nitrogen and oxygen atoms in total. The Morgan fingerprint density at radius 1 is 1.05 bits per heavy atom. The SMILES string of the molecule is O=C(O)C=Cc1ccc2ccc3cccnc3c2n1.[Eu]. The van der Waals surface area contributed by atoms with Gasteiger partial charge in [-0.3, -0.25) is 4.98 Å². The van der Waals surface area contributed by atoms with E-state index in [2.05, 4.69) is 9.97 Å². The Morgan fingerprint density at radius 3 is 2.50 bits per heavy atom. The number of aliphatic carboxylic acids is 1. The van der Waals surface area contributed by atoms with Crippen molar-refractivity contribution in [3.8, 4) is 0 Å². The van der Waals surface area contributed by atoms with Crippen LogP contribution >= 0.6 is 0 Å². The van der Waals surface area contributed by atoms with E-state index in [0.29, 0.717) is 5.69 Å². The van der Waals surface area contributed by atoms with Crippen LogP contribution < -0.4 is 0 Å². The van der Waals surface area contributed by atoms with E-state index in [1.54, 1.807) is 12.3 Å². The minimum absolute atomic E-state index is 0. The molecule has 0 bridgehead atoms. The van der Waals surface area contributed by atoms with Crippen LogP contribution in [0, 0.1) is 49.4 Å². The van der Waals surface area contributed by atoms with Gasteiger partial charge in [-0.15, -0.1) is 0 Å². The second-order valence-corrected chi connectivity index (χ2v) is 4.12. The summed E-state index contributed by atoms with van der Waals surface area (Å²) < 4.78 is 0. The van der Waals surface area contributed by atoms with Crippen molar-refractivity contribution in [1.29, 1.82) is 0 Å². The number of carboxylic acids is 1. The molecule has 3 rings (SSSR count). The van der Waals surface area contributed by atoms with Gasteiger partial charge >= 0.3 is 5.97 Å². The number of benzene rings is 1. The summed E-state index contributed by atoms with van der Waals surface area (Å²) in [5.41, 5.74) is 2.21. The van der Waals surface area contributed by atoms with E-state index in [9.17, 15) is 4.79 Å². The van der Waals surface area contributed by atoms with Gasteiger partial charge in [0.1, 0.15) is 0 Å². The van der Waals surface area contributed by atoms with Crippen molar-refractivity contribution in [3.05, 3.63) is 54.4 Å². The molecule has 2 aromatic heterocycles. The Morgan fingerprint density at radius 2 is 1.75 bits per heavy atom. The zero-order valence-corrected chi connectivity index (χ0v) is 12.7. The van der Waals surface area contributed by atoms with E-state index in [1.165, 1.54) is 6.08 Å². The molecule has 2 heterocycles. The van der Waals surface area contributed by atoms with Gasteiger partial charge in [0, 0.05) is 72.4 Å². The predicted molar refractivity (Wildman–Crippen MR) is 73.7 cm³/mol. The van der Waals surface area contributed by atoms with Gasteiger partial charge in [-0.05, 0) is 18.2 Å². The largest absolute Gasteiger partial charge is 0.478 e. The van der Waals surface area contributed by atoms with Crippen molar-refractivity contribution in [1.82, 2.24) is 9.97 Å². The molecule has 0 fully saturated rings. The zero-order chi connectivity index (χ0) is 13.2. The maximum absolute atomic E-state index is 10.5. The molecule has 0 saturated heterocycles. The van der Waals surface area contributed by atoms with Crippen molar-refractivity contribution < 1.29 is 59.3 Å². The molecular formula is C15H10EuN2O2. The van der Waals surface area contributed by atoms with E-state index in [1.807, 2.05) is 30.3 Å². The number of carboxylic acid groups (broad SMARTS) is 1. The van der Waals surface area contributed by atoms with Crippen molar-refractivity contribution >= 4 is 33.9 Å². The average Bonchev–Trinajstić information content (AvgIpc) is 2.44. The minimum atomic E-state index is -0.988. The van der Waals surface area contributed by atoms with Gasteiger partial charge in [0.15, 0.2) is 0 Å². The molecule has 1 radical (unpaired) electrons. The minimum Gasteiger partial charge on any atom is -0.478 e. The molecule has 0 unspecified atom stereocenters. The van der Waals surface area contributed by atoms with E-state index >= 15 is 0 Å². The van der Waals surface area contributed by atoms with E-state index in [0.717, 1.165) is 27.9 Å². The molecule has 1 aromatic carbocycles. The summed E-state index contributed by atoms with van der Waals surface area (Å²) in [6.45, 7) is 0. The molecule has 0 aliphatic carbocycles. The summed E-state index contributed by atoms with van der Waals surface area (Å²) in [5.74, 6) is -0.988. The van der Waals surface area contributed by atoms with Gasteiger partial charge in [-0.25, -0.2) is 9.78 Å². The summed E-state index contributed by atoms with van der Waals surface area (Å²) in [6, 6.07) is 11.5. The summed E-state index contributed by atoms with van der Waals surface area (Å²) in [5, 5.41) is 10.6. The third-order valence-electron chi connectivity index (χ3n) is 2.85. The Kier molecular flexibility index (Phi) is 4.97. The molecule has 1 N–H and O–H groups in total. The number of fused-ring (bicyclic) bond motifs is 3. The second-order valence-electron chi connectivity index (χ2n) is 4.12. The number of hydrogen-bond donors (Lipinski definition) is 1. The third kappa shape index (κ3) is 3.11. The van der Waals surface area contributed by atoms with Crippen LogP contribution in [0.4, 0.5) is 0 Å². The summed E-state index contributed by atoms with van der Waals surface area (Å²) in [6.07, 6.45) is 4.28. The van der Waals surface area contributed by atoms with Gasteiger partial charge in [0.05, 0.1) is 16.7 Å². The van der Waals surface area contributed by atoms with Gasteiger partial charge in [0.25, 0.3) is 0 Å². The predicted octanol–water partition coefficient (Wildman–Crippen LogP) is 2.88. The number of aromatic nitrogens is 2. The molecule has 0 aliphatic heterocycles. The first-order valence-electron chi connectivity index (χ1n) is 5.79. The van der Waals surface area contributed by atoms with Gasteiger partial charge in [-0.2, -0.15) is 0 Å². The third-order valence-corrected chi connectivity index (χ3v) is 2.85. The van der Waals surface area contributed by atoms with E-state index in [-0.39, 0.29) is 49.4 Å². The summed E-state index contributed by atoms with van der Waals surface area (Å²) in [4.78, 5) is 19.3. The summed E-state index contributed by atoms with van der Waals surface area (Å²) in [7, 11) is 0. The van der Waals surface area contributed by atoms with Crippen molar-refractivity contribution in [2.75, 3.05) is 0 Å². The van der Waals surface area contributed by atoms with Crippen LogP contribution in [-0.2, 0) is 4.79 Å². The topological polar surface area (TPSA) is 63.1 Å². The smallest absolute Gasteiger partial charge is 0.328 e. The molecule has 0 spiro atoms. The fourth-order valence-corrected chi connectivity index (χ4v) is 1.99. The van der Waals surface area contributed by atoms with Crippen LogP contribution in [0.15, 0.2) is 48.7 Å². The first-order chi connectivity index (χ1) is 9.24. The molecule has 3 aromatic rings. The number of hydrogen-bond acceptors (Lipinski definition) is 3. The Balaban J connectivity index is 0.00000147. The molecule has 0 amide bonds. The molecule has 0 atom stereocenters. The standard InChI is InChI=1S/C15H10N2O2.Eu/c18-13(19)8-7-12-6-5-11-4-3-10-2-1-9-16-14(10)15(11)17-12;/h1-9H,(H,18,19);. The fraction of sp³-hybridized carbons (Fsp3) is 0. The summed E-state index contributed by atoms with van der Waals surface area (Å²) >= 11 is 0. The Hall–Kier alpha value is -1.17. The van der Waals surface area contributed by atoms with Crippen molar-refractivity contribution in [2.45, 2.75) is 0 Å². The van der Waals surface area contributed by atoms with E-state index in [4.69, 9.17) is 5.11 Å². The van der Waals surface area contributed by atoms with Crippen molar-refractivity contribution in [2.24, 2.45) is 0 Å². The van der Waals surface area contributed by atoms with Crippen LogP contribution in [0.5, 0.6) is 0 Å². The van der Waals surface area contributed by atoms with Crippen LogP contribution in [0.3, 0.4) is 0 Å². The van der Waals surface area contributed by atoms with E-state index < -0.39 is 5.97 Å². The maximum Gasteiger partial charge on any atom is 0.328 e. The molecule has 0 aliphatic rings. The molecular weight excluding hydrogens is 392 g/mol. The Labute approximate surface area is 156 Å². The number of pyridine rings is 2. The van der Waals surface area contributed by atoms with Crippen LogP contribution in [0.25, 0.3) is 27.9 Å². The van der Waals surface area contributed by atoms with Crippen LogP contribution in [-0.4, -0.2) is 21.0 Å². The monoisotopic (exact) mass is 403 g/mol. The van der Waals surface area contributed by atoms with Gasteiger partial charge in [0.2, 0.25) is 0 Å². The Bertz CT molecular complexity index is 815.